The normalized spacial score (nSPS) is 17.5. The number of aryl methyl sites for hydroxylation is 1. The van der Waals surface area contributed by atoms with Crippen LogP contribution in [0.5, 0.6) is 0 Å². The first-order chi connectivity index (χ1) is 11.7. The van der Waals surface area contributed by atoms with Crippen LogP contribution in [-0.2, 0) is 18.3 Å². The molecule has 4 heteroatoms. The van der Waals surface area contributed by atoms with Crippen LogP contribution in [0.1, 0.15) is 30.0 Å². The van der Waals surface area contributed by atoms with Gasteiger partial charge in [-0.3, -0.25) is 9.48 Å². The van der Waals surface area contributed by atoms with Crippen molar-refractivity contribution in [3.05, 3.63) is 66.0 Å². The van der Waals surface area contributed by atoms with Crippen molar-refractivity contribution in [2.45, 2.75) is 25.3 Å². The summed E-state index contributed by atoms with van der Waals surface area (Å²) in [6.07, 6.45) is 6.44. The number of fused-ring (bicyclic) bond motifs is 1. The highest BCUT2D eigenvalue weighted by molar-refractivity contribution is 5.90. The Hall–Kier alpha value is -2.62. The highest BCUT2D eigenvalue weighted by Crippen LogP contribution is 2.32. The molecule has 3 aromatic rings. The lowest BCUT2D eigenvalue weighted by Crippen LogP contribution is -2.31. The molecule has 0 spiro atoms. The molecule has 24 heavy (non-hydrogen) atoms. The summed E-state index contributed by atoms with van der Waals surface area (Å²) in [5, 5.41) is 6.62. The Balaban J connectivity index is 1.59. The molecular formula is C20H21N3O. The molecule has 1 saturated heterocycles. The molecule has 4 nitrogen and oxygen atoms in total. The molecular weight excluding hydrogens is 298 g/mol. The van der Waals surface area contributed by atoms with Crippen molar-refractivity contribution in [3.8, 4) is 0 Å². The van der Waals surface area contributed by atoms with E-state index in [0.717, 1.165) is 30.5 Å². The van der Waals surface area contributed by atoms with Crippen LogP contribution >= 0.6 is 0 Å². The topological polar surface area (TPSA) is 38.1 Å². The van der Waals surface area contributed by atoms with Gasteiger partial charge in [0, 0.05) is 25.4 Å². The van der Waals surface area contributed by atoms with Gasteiger partial charge in [0.25, 0.3) is 0 Å². The van der Waals surface area contributed by atoms with Gasteiger partial charge in [-0.2, -0.15) is 5.10 Å². The third-order valence-electron chi connectivity index (χ3n) is 4.90. The van der Waals surface area contributed by atoms with E-state index in [0.29, 0.717) is 6.42 Å². The fourth-order valence-electron chi connectivity index (χ4n) is 3.74. The van der Waals surface area contributed by atoms with Gasteiger partial charge in [-0.25, -0.2) is 0 Å². The van der Waals surface area contributed by atoms with Gasteiger partial charge in [-0.15, -0.1) is 0 Å². The standard InChI is InChI=1S/C20H21N3O/c1-22-14-17(13-21-22)19-10-5-11-23(19)20(24)12-16-8-4-7-15-6-2-3-9-18(15)16/h2-4,6-9,13-14,19H,5,10-12H2,1H3/t19-/m0/s1. The number of nitrogens with zero attached hydrogens (tertiary/aromatic N) is 3. The number of hydrogen-bond acceptors (Lipinski definition) is 2. The minimum atomic E-state index is 0.168. The molecule has 1 aliphatic rings. The van der Waals surface area contributed by atoms with E-state index in [1.165, 1.54) is 10.8 Å². The average Bonchev–Trinajstić information content (AvgIpc) is 3.24. The molecule has 0 unspecified atom stereocenters. The van der Waals surface area contributed by atoms with Crippen LogP contribution in [-0.4, -0.2) is 27.1 Å². The van der Waals surface area contributed by atoms with E-state index in [9.17, 15) is 4.79 Å². The molecule has 1 aromatic heterocycles. The third-order valence-corrected chi connectivity index (χ3v) is 4.90. The van der Waals surface area contributed by atoms with Gasteiger partial charge in [0.15, 0.2) is 0 Å². The summed E-state index contributed by atoms with van der Waals surface area (Å²) >= 11 is 0. The molecule has 0 aliphatic carbocycles. The van der Waals surface area contributed by atoms with Crippen LogP contribution < -0.4 is 0 Å². The van der Waals surface area contributed by atoms with Crippen molar-refractivity contribution in [1.82, 2.24) is 14.7 Å². The number of aromatic nitrogens is 2. The van der Waals surface area contributed by atoms with Gasteiger partial charge < -0.3 is 4.90 Å². The molecule has 2 aromatic carbocycles. The Kier molecular flexibility index (Phi) is 3.81. The third kappa shape index (κ3) is 2.68. The predicted molar refractivity (Wildman–Crippen MR) is 94.5 cm³/mol. The molecule has 0 N–H and O–H groups in total. The van der Waals surface area contributed by atoms with E-state index < -0.39 is 0 Å². The number of amides is 1. The lowest BCUT2D eigenvalue weighted by atomic mass is 10.0. The first-order valence-corrected chi connectivity index (χ1v) is 8.47. The maximum atomic E-state index is 12.9. The van der Waals surface area contributed by atoms with Gasteiger partial charge in [0.05, 0.1) is 18.7 Å². The number of rotatable bonds is 3. The van der Waals surface area contributed by atoms with E-state index in [2.05, 4.69) is 29.4 Å². The zero-order valence-electron chi connectivity index (χ0n) is 13.9. The summed E-state index contributed by atoms with van der Waals surface area (Å²) in [6.45, 7) is 0.836. The molecule has 1 aliphatic heterocycles. The van der Waals surface area contributed by atoms with Gasteiger partial charge in [-0.1, -0.05) is 42.5 Å². The highest BCUT2D eigenvalue weighted by atomic mass is 16.2. The summed E-state index contributed by atoms with van der Waals surface area (Å²) in [4.78, 5) is 15.0. The van der Waals surface area contributed by atoms with Crippen molar-refractivity contribution in [2.24, 2.45) is 7.05 Å². The number of carbonyl (C=O) groups excluding carboxylic acids is 1. The molecule has 2 heterocycles. The molecule has 1 atom stereocenters. The summed E-state index contributed by atoms with van der Waals surface area (Å²) in [7, 11) is 1.92. The monoisotopic (exact) mass is 319 g/mol. The summed E-state index contributed by atoms with van der Waals surface area (Å²) in [5.74, 6) is 0.206. The summed E-state index contributed by atoms with van der Waals surface area (Å²) < 4.78 is 1.81. The van der Waals surface area contributed by atoms with E-state index >= 15 is 0 Å². The summed E-state index contributed by atoms with van der Waals surface area (Å²) in [6, 6.07) is 14.6. The zero-order chi connectivity index (χ0) is 16.5. The molecule has 0 saturated carbocycles. The fourth-order valence-corrected chi connectivity index (χ4v) is 3.74. The lowest BCUT2D eigenvalue weighted by molar-refractivity contribution is -0.131. The average molecular weight is 319 g/mol. The Morgan fingerprint density at radius 1 is 1.21 bits per heavy atom. The van der Waals surface area contributed by atoms with Gasteiger partial charge >= 0.3 is 0 Å². The maximum absolute atomic E-state index is 12.9. The van der Waals surface area contributed by atoms with Crippen LogP contribution in [0.4, 0.5) is 0 Å². The largest absolute Gasteiger partial charge is 0.335 e. The van der Waals surface area contributed by atoms with E-state index in [1.54, 1.807) is 4.68 Å². The molecule has 0 bridgehead atoms. The smallest absolute Gasteiger partial charge is 0.227 e. The minimum Gasteiger partial charge on any atom is -0.335 e. The second-order valence-corrected chi connectivity index (χ2v) is 6.51. The van der Waals surface area contributed by atoms with Crippen LogP contribution in [0.2, 0.25) is 0 Å². The van der Waals surface area contributed by atoms with Gasteiger partial charge in [-0.05, 0) is 29.2 Å². The second-order valence-electron chi connectivity index (χ2n) is 6.51. The fraction of sp³-hybridized carbons (Fsp3) is 0.300. The molecule has 0 radical (unpaired) electrons. The van der Waals surface area contributed by atoms with Crippen molar-refractivity contribution < 1.29 is 4.79 Å². The zero-order valence-corrected chi connectivity index (χ0v) is 13.9. The molecule has 1 amide bonds. The number of hydrogen-bond donors (Lipinski definition) is 0. The van der Waals surface area contributed by atoms with Crippen molar-refractivity contribution in [2.75, 3.05) is 6.54 Å². The van der Waals surface area contributed by atoms with Crippen LogP contribution in [0, 0.1) is 0 Å². The van der Waals surface area contributed by atoms with Crippen molar-refractivity contribution in [3.63, 3.8) is 0 Å². The van der Waals surface area contributed by atoms with E-state index in [-0.39, 0.29) is 11.9 Å². The number of likely N-dealkylation sites (tertiary alicyclic amines) is 1. The second kappa shape index (κ2) is 6.11. The number of carbonyl (C=O) groups is 1. The molecule has 122 valence electrons. The minimum absolute atomic E-state index is 0.168. The quantitative estimate of drug-likeness (QED) is 0.741. The Morgan fingerprint density at radius 2 is 2.04 bits per heavy atom. The van der Waals surface area contributed by atoms with Crippen LogP contribution in [0.15, 0.2) is 54.9 Å². The summed E-state index contributed by atoms with van der Waals surface area (Å²) in [5.41, 5.74) is 2.25. The Bertz CT molecular complexity index is 878. The van der Waals surface area contributed by atoms with Crippen molar-refractivity contribution in [1.29, 1.82) is 0 Å². The maximum Gasteiger partial charge on any atom is 0.227 e. The Labute approximate surface area is 141 Å². The van der Waals surface area contributed by atoms with Gasteiger partial charge in [0.1, 0.15) is 0 Å². The first-order valence-electron chi connectivity index (χ1n) is 8.47. The van der Waals surface area contributed by atoms with Gasteiger partial charge in [0.2, 0.25) is 5.91 Å². The Morgan fingerprint density at radius 3 is 2.88 bits per heavy atom. The highest BCUT2D eigenvalue weighted by Gasteiger charge is 2.30. The molecule has 4 rings (SSSR count). The van der Waals surface area contributed by atoms with E-state index in [1.807, 2.05) is 42.5 Å². The first kappa shape index (κ1) is 14.9. The lowest BCUT2D eigenvalue weighted by Gasteiger charge is -2.24. The number of benzene rings is 2. The SMILES string of the molecule is Cn1cc([C@@H]2CCCN2C(=O)Cc2cccc3ccccc23)cn1. The van der Waals surface area contributed by atoms with Crippen LogP contribution in [0.25, 0.3) is 10.8 Å². The van der Waals surface area contributed by atoms with E-state index in [4.69, 9.17) is 0 Å². The predicted octanol–water partition coefficient (Wildman–Crippen LogP) is 3.48. The molecule has 1 fully saturated rings. The van der Waals surface area contributed by atoms with Crippen molar-refractivity contribution >= 4 is 16.7 Å². The van der Waals surface area contributed by atoms with Crippen LogP contribution in [0.3, 0.4) is 0 Å².